The molecule has 2 aromatic carbocycles. The third-order valence-corrected chi connectivity index (χ3v) is 4.08. The molecule has 114 valence electrons. The predicted octanol–water partition coefficient (Wildman–Crippen LogP) is 4.37. The Labute approximate surface area is 137 Å². The van der Waals surface area contributed by atoms with Gasteiger partial charge in [0, 0.05) is 9.79 Å². The normalized spacial score (nSPS) is 10.3. The van der Waals surface area contributed by atoms with E-state index in [2.05, 4.69) is 0 Å². The number of halogens is 1. The molecule has 4 nitrogen and oxygen atoms in total. The van der Waals surface area contributed by atoms with Crippen molar-refractivity contribution < 1.29 is 19.4 Å². The fourth-order valence-corrected chi connectivity index (χ4v) is 2.93. The monoisotopic (exact) mass is 336 g/mol. The molecule has 0 aliphatic rings. The summed E-state index contributed by atoms with van der Waals surface area (Å²) in [7, 11) is 0. The molecule has 0 heterocycles. The highest BCUT2D eigenvalue weighted by molar-refractivity contribution is 7.99. The van der Waals surface area contributed by atoms with Crippen LogP contribution in [-0.2, 0) is 4.74 Å². The van der Waals surface area contributed by atoms with E-state index >= 15 is 0 Å². The number of carbonyl (C=O) groups is 2. The highest BCUT2D eigenvalue weighted by Crippen LogP contribution is 2.31. The van der Waals surface area contributed by atoms with Gasteiger partial charge in [-0.2, -0.15) is 0 Å². The van der Waals surface area contributed by atoms with Gasteiger partial charge in [0.15, 0.2) is 0 Å². The van der Waals surface area contributed by atoms with E-state index < -0.39 is 5.97 Å². The van der Waals surface area contributed by atoms with Crippen molar-refractivity contribution in [3.05, 3.63) is 58.6 Å². The van der Waals surface area contributed by atoms with E-state index in [1.54, 1.807) is 43.3 Å². The van der Waals surface area contributed by atoms with Gasteiger partial charge < -0.3 is 9.84 Å². The molecule has 6 heteroatoms. The van der Waals surface area contributed by atoms with E-state index in [9.17, 15) is 9.59 Å². The molecular formula is C16H13ClO4S. The SMILES string of the molecule is CCOC(=O)c1ccc(Sc2ccc(C(=O)O)c(Cl)c2)cc1. The van der Waals surface area contributed by atoms with Crippen molar-refractivity contribution in [3.8, 4) is 0 Å². The van der Waals surface area contributed by atoms with Crippen molar-refractivity contribution in [2.24, 2.45) is 0 Å². The number of ether oxygens (including phenoxy) is 1. The molecule has 0 aromatic heterocycles. The van der Waals surface area contributed by atoms with Crippen molar-refractivity contribution in [1.82, 2.24) is 0 Å². The van der Waals surface area contributed by atoms with Crippen LogP contribution in [0.4, 0.5) is 0 Å². The van der Waals surface area contributed by atoms with Crippen LogP contribution in [0.3, 0.4) is 0 Å². The molecule has 0 aliphatic heterocycles. The third kappa shape index (κ3) is 4.02. The summed E-state index contributed by atoms with van der Waals surface area (Å²) in [5.74, 6) is -1.41. The summed E-state index contributed by atoms with van der Waals surface area (Å²) < 4.78 is 4.92. The first kappa shape index (κ1) is 16.4. The van der Waals surface area contributed by atoms with Crippen molar-refractivity contribution >= 4 is 35.3 Å². The maximum atomic E-state index is 11.6. The second-order valence-corrected chi connectivity index (χ2v) is 5.85. The van der Waals surface area contributed by atoms with E-state index in [1.165, 1.54) is 17.8 Å². The summed E-state index contributed by atoms with van der Waals surface area (Å²) >= 11 is 7.36. The van der Waals surface area contributed by atoms with Gasteiger partial charge in [-0.05, 0) is 49.4 Å². The third-order valence-electron chi connectivity index (χ3n) is 2.77. The lowest BCUT2D eigenvalue weighted by atomic mass is 10.2. The summed E-state index contributed by atoms with van der Waals surface area (Å²) in [6.07, 6.45) is 0. The average molecular weight is 337 g/mol. The van der Waals surface area contributed by atoms with Crippen LogP contribution in [0.2, 0.25) is 5.02 Å². The molecule has 0 saturated heterocycles. The van der Waals surface area contributed by atoms with Crippen LogP contribution in [-0.4, -0.2) is 23.7 Å². The fraction of sp³-hybridized carbons (Fsp3) is 0.125. The topological polar surface area (TPSA) is 63.6 Å². The smallest absolute Gasteiger partial charge is 0.338 e. The van der Waals surface area contributed by atoms with Gasteiger partial charge in [0.25, 0.3) is 0 Å². The zero-order chi connectivity index (χ0) is 16.1. The van der Waals surface area contributed by atoms with Gasteiger partial charge in [-0.15, -0.1) is 0 Å². The van der Waals surface area contributed by atoms with Gasteiger partial charge >= 0.3 is 11.9 Å². The van der Waals surface area contributed by atoms with Crippen LogP contribution in [0.5, 0.6) is 0 Å². The van der Waals surface area contributed by atoms with Gasteiger partial charge in [-0.3, -0.25) is 0 Å². The second kappa shape index (κ2) is 7.33. The average Bonchev–Trinajstić information content (AvgIpc) is 2.48. The van der Waals surface area contributed by atoms with E-state index in [0.717, 1.165) is 9.79 Å². The van der Waals surface area contributed by atoms with Crippen LogP contribution >= 0.6 is 23.4 Å². The molecule has 0 aliphatic carbocycles. The Bertz CT molecular complexity index is 698. The Hall–Kier alpha value is -1.98. The Morgan fingerprint density at radius 1 is 1.14 bits per heavy atom. The van der Waals surface area contributed by atoms with Crippen molar-refractivity contribution in [2.45, 2.75) is 16.7 Å². The van der Waals surface area contributed by atoms with Gasteiger partial charge in [0.1, 0.15) is 0 Å². The number of carbonyl (C=O) groups excluding carboxylic acids is 1. The number of benzene rings is 2. The summed E-state index contributed by atoms with van der Waals surface area (Å²) in [5.41, 5.74) is 0.564. The molecule has 22 heavy (non-hydrogen) atoms. The molecule has 0 saturated carbocycles. The minimum absolute atomic E-state index is 0.0728. The van der Waals surface area contributed by atoms with Gasteiger partial charge in [-0.1, -0.05) is 23.4 Å². The Kier molecular flexibility index (Phi) is 5.46. The Morgan fingerprint density at radius 3 is 2.32 bits per heavy atom. The van der Waals surface area contributed by atoms with Crippen molar-refractivity contribution in [2.75, 3.05) is 6.61 Å². The van der Waals surface area contributed by atoms with Crippen molar-refractivity contribution in [1.29, 1.82) is 0 Å². The lowest BCUT2D eigenvalue weighted by Crippen LogP contribution is -2.03. The number of hydrogen-bond donors (Lipinski definition) is 1. The molecule has 2 rings (SSSR count). The van der Waals surface area contributed by atoms with Gasteiger partial charge in [0.05, 0.1) is 22.8 Å². The number of hydrogen-bond acceptors (Lipinski definition) is 4. The molecule has 0 fully saturated rings. The first-order valence-corrected chi connectivity index (χ1v) is 7.68. The zero-order valence-electron chi connectivity index (χ0n) is 11.7. The maximum Gasteiger partial charge on any atom is 0.338 e. The van der Waals surface area contributed by atoms with E-state index in [1.807, 2.05) is 0 Å². The molecular weight excluding hydrogens is 324 g/mol. The molecule has 0 atom stereocenters. The molecule has 0 bridgehead atoms. The summed E-state index contributed by atoms with van der Waals surface area (Å²) in [4.78, 5) is 24.2. The van der Waals surface area contributed by atoms with Crippen LogP contribution in [0.15, 0.2) is 52.3 Å². The number of carboxylic acid groups (broad SMARTS) is 1. The number of aromatic carboxylic acids is 1. The predicted molar refractivity (Wildman–Crippen MR) is 84.9 cm³/mol. The Balaban J connectivity index is 2.12. The van der Waals surface area contributed by atoms with Crippen LogP contribution in [0.1, 0.15) is 27.6 Å². The molecule has 0 amide bonds. The number of carboxylic acids is 1. The Morgan fingerprint density at radius 2 is 1.77 bits per heavy atom. The maximum absolute atomic E-state index is 11.6. The highest BCUT2D eigenvalue weighted by atomic mass is 35.5. The minimum atomic E-state index is -1.06. The van der Waals surface area contributed by atoms with Crippen molar-refractivity contribution in [3.63, 3.8) is 0 Å². The second-order valence-electron chi connectivity index (χ2n) is 4.29. The lowest BCUT2D eigenvalue weighted by Gasteiger charge is -2.06. The summed E-state index contributed by atoms with van der Waals surface area (Å²) in [6.45, 7) is 2.09. The minimum Gasteiger partial charge on any atom is -0.478 e. The van der Waals surface area contributed by atoms with E-state index in [4.69, 9.17) is 21.4 Å². The molecule has 1 N–H and O–H groups in total. The quantitative estimate of drug-likeness (QED) is 0.821. The van der Waals surface area contributed by atoms with Crippen LogP contribution in [0.25, 0.3) is 0 Å². The number of esters is 1. The number of rotatable bonds is 5. The first-order chi connectivity index (χ1) is 10.5. The summed E-state index contributed by atoms with van der Waals surface area (Å²) in [5, 5.41) is 9.13. The summed E-state index contributed by atoms with van der Waals surface area (Å²) in [6, 6.07) is 11.8. The molecule has 0 unspecified atom stereocenters. The van der Waals surface area contributed by atoms with Gasteiger partial charge in [-0.25, -0.2) is 9.59 Å². The molecule has 0 spiro atoms. The molecule has 2 aromatic rings. The lowest BCUT2D eigenvalue weighted by molar-refractivity contribution is 0.0525. The highest BCUT2D eigenvalue weighted by Gasteiger charge is 2.10. The van der Waals surface area contributed by atoms with E-state index in [-0.39, 0.29) is 16.6 Å². The molecule has 0 radical (unpaired) electrons. The first-order valence-electron chi connectivity index (χ1n) is 6.49. The zero-order valence-corrected chi connectivity index (χ0v) is 13.3. The fourth-order valence-electron chi connectivity index (χ4n) is 1.74. The van der Waals surface area contributed by atoms with Crippen LogP contribution < -0.4 is 0 Å². The van der Waals surface area contributed by atoms with Gasteiger partial charge in [0.2, 0.25) is 0 Å². The van der Waals surface area contributed by atoms with E-state index in [0.29, 0.717) is 12.2 Å². The van der Waals surface area contributed by atoms with Crippen LogP contribution in [0, 0.1) is 0 Å². The largest absolute Gasteiger partial charge is 0.478 e. The standard InChI is InChI=1S/C16H13ClO4S/c1-2-21-16(20)10-3-5-11(6-4-10)22-12-7-8-13(15(18)19)14(17)9-12/h3-9H,2H2,1H3,(H,18,19).